The lowest BCUT2D eigenvalue weighted by atomic mass is 10.1. The van der Waals surface area contributed by atoms with Gasteiger partial charge in [0.1, 0.15) is 5.82 Å². The van der Waals surface area contributed by atoms with Crippen LogP contribution in [0.3, 0.4) is 0 Å². The molecule has 1 heterocycles. The molecule has 0 unspecified atom stereocenters. The zero-order valence-electron chi connectivity index (χ0n) is 16.8. The molecule has 0 aliphatic rings. The number of aromatic nitrogens is 2. The van der Waals surface area contributed by atoms with Crippen molar-refractivity contribution in [1.29, 1.82) is 0 Å². The van der Waals surface area contributed by atoms with Gasteiger partial charge in [0.15, 0.2) is 0 Å². The molecule has 0 radical (unpaired) electrons. The van der Waals surface area contributed by atoms with Crippen LogP contribution in [0.2, 0.25) is 0 Å². The molecule has 0 atom stereocenters. The summed E-state index contributed by atoms with van der Waals surface area (Å²) in [6, 6.07) is 10.8. The fourth-order valence-electron chi connectivity index (χ4n) is 2.99. The Labute approximate surface area is 172 Å². The molecule has 0 saturated heterocycles. The van der Waals surface area contributed by atoms with Gasteiger partial charge in [-0.25, -0.2) is 9.18 Å². The number of carbonyl (C=O) groups is 1. The molecule has 0 spiro atoms. The molecule has 3 aromatic rings. The van der Waals surface area contributed by atoms with E-state index in [2.05, 4.69) is 5.10 Å². The molecule has 0 N–H and O–H groups in total. The molecule has 0 aliphatic heterocycles. The van der Waals surface area contributed by atoms with E-state index in [4.69, 9.17) is 4.74 Å². The minimum atomic E-state index is -0.853. The summed E-state index contributed by atoms with van der Waals surface area (Å²) < 4.78 is 20.2. The van der Waals surface area contributed by atoms with Crippen molar-refractivity contribution in [3.05, 3.63) is 92.6 Å². The molecule has 7 nitrogen and oxygen atoms in total. The maximum absolute atomic E-state index is 13.4. The molecule has 8 heteroatoms. The van der Waals surface area contributed by atoms with Gasteiger partial charge < -0.3 is 4.74 Å². The van der Waals surface area contributed by atoms with Crippen LogP contribution in [0, 0.1) is 36.7 Å². The van der Waals surface area contributed by atoms with Crippen LogP contribution in [0.5, 0.6) is 5.75 Å². The third-order valence-electron chi connectivity index (χ3n) is 4.61. The Morgan fingerprint density at radius 1 is 1.20 bits per heavy atom. The van der Waals surface area contributed by atoms with Gasteiger partial charge in [-0.05, 0) is 38.5 Å². The Morgan fingerprint density at radius 3 is 2.57 bits per heavy atom. The van der Waals surface area contributed by atoms with Gasteiger partial charge in [-0.2, -0.15) is 5.10 Å². The highest BCUT2D eigenvalue weighted by Crippen LogP contribution is 2.27. The number of esters is 1. The fraction of sp³-hybridized carbons (Fsp3) is 0.182. The fourth-order valence-corrected chi connectivity index (χ4v) is 2.99. The molecule has 3 rings (SSSR count). The smallest absolute Gasteiger partial charge is 0.336 e. The number of carbonyl (C=O) groups excluding carboxylic acids is 1. The van der Waals surface area contributed by atoms with E-state index < -0.39 is 28.1 Å². The van der Waals surface area contributed by atoms with Crippen molar-refractivity contribution < 1.29 is 18.8 Å². The van der Waals surface area contributed by atoms with Crippen LogP contribution < -0.4 is 4.74 Å². The van der Waals surface area contributed by atoms with Crippen LogP contribution in [-0.2, 0) is 11.3 Å². The summed E-state index contributed by atoms with van der Waals surface area (Å²) in [7, 11) is 0. The third-order valence-corrected chi connectivity index (χ3v) is 4.61. The van der Waals surface area contributed by atoms with E-state index in [1.807, 2.05) is 49.7 Å². The van der Waals surface area contributed by atoms with Gasteiger partial charge in [-0.3, -0.25) is 14.8 Å². The molecule has 30 heavy (non-hydrogen) atoms. The zero-order chi connectivity index (χ0) is 21.8. The normalized spacial score (nSPS) is 11.1. The van der Waals surface area contributed by atoms with Crippen LogP contribution in [0.4, 0.5) is 10.1 Å². The molecule has 0 amide bonds. The number of ether oxygens (including phenoxy) is 1. The van der Waals surface area contributed by atoms with Crippen molar-refractivity contribution in [3.8, 4) is 5.75 Å². The van der Waals surface area contributed by atoms with Crippen LogP contribution in [0.1, 0.15) is 28.1 Å². The largest absolute Gasteiger partial charge is 0.416 e. The first-order valence-electron chi connectivity index (χ1n) is 9.18. The average Bonchev–Trinajstić information content (AvgIpc) is 2.94. The number of halogens is 1. The Balaban J connectivity index is 1.77. The van der Waals surface area contributed by atoms with Gasteiger partial charge in [-0.1, -0.05) is 29.8 Å². The molecule has 2 aromatic carbocycles. The van der Waals surface area contributed by atoms with E-state index in [1.165, 1.54) is 11.6 Å². The molecule has 154 valence electrons. The SMILES string of the molecule is Cc1ccc(Cn2nc(C)c(/C=C/C(=O)Oc3cc(F)ccc3[N+](=O)[O-])c2C)cc1. The number of benzene rings is 2. The minimum absolute atomic E-state index is 0.446. The molecule has 1 aromatic heterocycles. The number of hydrogen-bond donors (Lipinski definition) is 0. The lowest BCUT2D eigenvalue weighted by Crippen LogP contribution is -2.06. The van der Waals surface area contributed by atoms with Crippen molar-refractivity contribution in [2.45, 2.75) is 27.3 Å². The number of aryl methyl sites for hydroxylation is 2. The lowest BCUT2D eigenvalue weighted by molar-refractivity contribution is -0.385. The topological polar surface area (TPSA) is 87.3 Å². The Kier molecular flexibility index (Phi) is 6.06. The first-order chi connectivity index (χ1) is 14.2. The van der Waals surface area contributed by atoms with E-state index in [9.17, 15) is 19.3 Å². The lowest BCUT2D eigenvalue weighted by Gasteiger charge is -2.05. The molecule has 0 fully saturated rings. The number of hydrogen-bond acceptors (Lipinski definition) is 5. The molecular formula is C22H20FN3O4. The summed E-state index contributed by atoms with van der Waals surface area (Å²) in [6.45, 7) is 6.31. The summed E-state index contributed by atoms with van der Waals surface area (Å²) >= 11 is 0. The number of rotatable bonds is 6. The summed E-state index contributed by atoms with van der Waals surface area (Å²) in [5.74, 6) is -2.04. The summed E-state index contributed by atoms with van der Waals surface area (Å²) in [5, 5.41) is 15.5. The summed E-state index contributed by atoms with van der Waals surface area (Å²) in [5.41, 5.74) is 4.10. The Bertz CT molecular complexity index is 1130. The predicted molar refractivity (Wildman–Crippen MR) is 110 cm³/mol. The number of nitrogens with zero attached hydrogens (tertiary/aromatic N) is 3. The second-order valence-corrected chi connectivity index (χ2v) is 6.85. The van der Waals surface area contributed by atoms with E-state index in [-0.39, 0.29) is 0 Å². The number of nitro benzene ring substituents is 1. The van der Waals surface area contributed by atoms with E-state index in [1.54, 1.807) is 0 Å². The first kappa shape index (κ1) is 20.9. The van der Waals surface area contributed by atoms with Gasteiger partial charge in [0, 0.05) is 29.5 Å². The first-order valence-corrected chi connectivity index (χ1v) is 9.18. The van der Waals surface area contributed by atoms with E-state index >= 15 is 0 Å². The maximum atomic E-state index is 13.4. The molecule has 0 saturated carbocycles. The van der Waals surface area contributed by atoms with Crippen LogP contribution in [0.25, 0.3) is 6.08 Å². The second-order valence-electron chi connectivity index (χ2n) is 6.85. The van der Waals surface area contributed by atoms with Crippen molar-refractivity contribution in [1.82, 2.24) is 9.78 Å². The monoisotopic (exact) mass is 409 g/mol. The number of nitro groups is 1. The Morgan fingerprint density at radius 2 is 1.90 bits per heavy atom. The van der Waals surface area contributed by atoms with E-state index in [0.29, 0.717) is 6.54 Å². The van der Waals surface area contributed by atoms with Gasteiger partial charge in [0.05, 0.1) is 17.2 Å². The highest BCUT2D eigenvalue weighted by Gasteiger charge is 2.18. The zero-order valence-corrected chi connectivity index (χ0v) is 16.8. The van der Waals surface area contributed by atoms with Crippen molar-refractivity contribution in [3.63, 3.8) is 0 Å². The Hall–Kier alpha value is -3.81. The van der Waals surface area contributed by atoms with Crippen molar-refractivity contribution >= 4 is 17.7 Å². The van der Waals surface area contributed by atoms with Gasteiger partial charge in [0.25, 0.3) is 0 Å². The average molecular weight is 409 g/mol. The van der Waals surface area contributed by atoms with Gasteiger partial charge in [0.2, 0.25) is 5.75 Å². The standard InChI is InChI=1S/C22H20FN3O4/c1-14-4-6-17(7-5-14)13-25-16(3)19(15(2)24-25)9-11-22(27)30-21-12-18(23)8-10-20(21)26(28)29/h4-12H,13H2,1-3H3/b11-9+. The highest BCUT2D eigenvalue weighted by molar-refractivity contribution is 5.89. The quantitative estimate of drug-likeness (QED) is 0.196. The van der Waals surface area contributed by atoms with Gasteiger partial charge in [-0.15, -0.1) is 0 Å². The van der Waals surface area contributed by atoms with Crippen molar-refractivity contribution in [2.24, 2.45) is 0 Å². The summed E-state index contributed by atoms with van der Waals surface area (Å²) in [6.07, 6.45) is 2.68. The third kappa shape index (κ3) is 4.78. The van der Waals surface area contributed by atoms with Crippen LogP contribution >= 0.6 is 0 Å². The van der Waals surface area contributed by atoms with E-state index in [0.717, 1.165) is 46.8 Å². The summed E-state index contributed by atoms with van der Waals surface area (Å²) in [4.78, 5) is 22.4. The molecular weight excluding hydrogens is 389 g/mol. The highest BCUT2D eigenvalue weighted by atomic mass is 19.1. The van der Waals surface area contributed by atoms with Crippen LogP contribution in [0.15, 0.2) is 48.5 Å². The molecule has 0 aliphatic carbocycles. The minimum Gasteiger partial charge on any atom is -0.416 e. The van der Waals surface area contributed by atoms with Crippen LogP contribution in [-0.4, -0.2) is 20.7 Å². The van der Waals surface area contributed by atoms with Gasteiger partial charge >= 0.3 is 11.7 Å². The molecule has 0 bridgehead atoms. The maximum Gasteiger partial charge on any atom is 0.336 e. The second kappa shape index (κ2) is 8.69. The van der Waals surface area contributed by atoms with Crippen molar-refractivity contribution in [2.75, 3.05) is 0 Å². The predicted octanol–water partition coefficient (Wildman–Crippen LogP) is 4.52.